The predicted molar refractivity (Wildman–Crippen MR) is 139 cm³/mol. The van der Waals surface area contributed by atoms with Crippen molar-refractivity contribution in [3.63, 3.8) is 0 Å². The minimum atomic E-state index is -0.886. The Morgan fingerprint density at radius 1 is 1.22 bits per heavy atom. The number of amides is 1. The van der Waals surface area contributed by atoms with Gasteiger partial charge in [0, 0.05) is 48.8 Å². The van der Waals surface area contributed by atoms with Crippen LogP contribution >= 0.6 is 0 Å². The second-order valence-corrected chi connectivity index (χ2v) is 10.2. The first-order valence-electron chi connectivity index (χ1n) is 12.1. The van der Waals surface area contributed by atoms with Crippen LogP contribution in [0.5, 0.6) is 0 Å². The molecule has 4 aromatic rings. The Kier molecular flexibility index (Phi) is 6.05. The van der Waals surface area contributed by atoms with Crippen molar-refractivity contribution in [3.8, 4) is 17.2 Å². The van der Waals surface area contributed by atoms with Crippen LogP contribution in [0.1, 0.15) is 36.7 Å². The summed E-state index contributed by atoms with van der Waals surface area (Å²) in [5.41, 5.74) is 8.78. The summed E-state index contributed by atoms with van der Waals surface area (Å²) in [6, 6.07) is 7.68. The standard InChI is InChI=1S/C26H29N9O2/c1-16-11-33(23-5-4-17(7-27)8-29-23)14-21(16)32-24-20(25(28)36)10-31-35-13-18(6-22(24)35)19-9-30-34(12-19)15-26(2,3)37/h4-6,8-10,12-13,16,21,32,37H,11,14-15H2,1-3H3,(H2,28,36)/t16-,21-/m1/s1. The topological polar surface area (TPSA) is 150 Å². The Morgan fingerprint density at radius 3 is 2.70 bits per heavy atom. The zero-order valence-electron chi connectivity index (χ0n) is 21.0. The van der Waals surface area contributed by atoms with Gasteiger partial charge in [-0.1, -0.05) is 6.92 Å². The second-order valence-electron chi connectivity index (χ2n) is 10.2. The number of carbonyl (C=O) groups is 1. The molecule has 1 aliphatic rings. The molecule has 11 heteroatoms. The van der Waals surface area contributed by atoms with Gasteiger partial charge in [-0.2, -0.15) is 15.5 Å². The van der Waals surface area contributed by atoms with Crippen molar-refractivity contribution in [3.05, 3.63) is 60.3 Å². The first-order chi connectivity index (χ1) is 17.6. The van der Waals surface area contributed by atoms with E-state index in [9.17, 15) is 9.90 Å². The molecule has 190 valence electrons. The molecule has 5 heterocycles. The quantitative estimate of drug-likeness (QED) is 0.350. The second kappa shape index (κ2) is 9.22. The van der Waals surface area contributed by atoms with Gasteiger partial charge < -0.3 is 21.1 Å². The van der Waals surface area contributed by atoms with Gasteiger partial charge in [0.1, 0.15) is 11.9 Å². The zero-order valence-corrected chi connectivity index (χ0v) is 21.0. The maximum atomic E-state index is 12.3. The number of nitriles is 1. The number of primary amides is 1. The first kappa shape index (κ1) is 24.3. The molecule has 0 aromatic carbocycles. The lowest BCUT2D eigenvalue weighted by atomic mass is 10.1. The number of nitrogens with one attached hydrogen (secondary N) is 1. The van der Waals surface area contributed by atoms with Gasteiger partial charge in [-0.3, -0.25) is 9.48 Å². The van der Waals surface area contributed by atoms with E-state index in [1.165, 1.54) is 6.20 Å². The van der Waals surface area contributed by atoms with Gasteiger partial charge >= 0.3 is 0 Å². The van der Waals surface area contributed by atoms with Crippen molar-refractivity contribution in [1.29, 1.82) is 5.26 Å². The zero-order chi connectivity index (χ0) is 26.3. The lowest BCUT2D eigenvalue weighted by molar-refractivity contribution is 0.0577. The molecule has 11 nitrogen and oxygen atoms in total. The molecule has 0 saturated carbocycles. The number of aliphatic hydroxyl groups is 1. The molecule has 2 atom stereocenters. The number of pyridine rings is 1. The fraction of sp³-hybridized carbons (Fsp3) is 0.346. The van der Waals surface area contributed by atoms with E-state index in [2.05, 4.69) is 38.4 Å². The van der Waals surface area contributed by atoms with Gasteiger partial charge in [0.15, 0.2) is 0 Å². The lowest BCUT2D eigenvalue weighted by Gasteiger charge is -2.21. The monoisotopic (exact) mass is 499 g/mol. The number of nitrogens with two attached hydrogens (primary N) is 1. The largest absolute Gasteiger partial charge is 0.389 e. The molecule has 0 unspecified atom stereocenters. The molecule has 1 amide bonds. The van der Waals surface area contributed by atoms with Crippen LogP contribution in [0.2, 0.25) is 0 Å². The Hall–Kier alpha value is -4.43. The molecule has 0 spiro atoms. The fourth-order valence-electron chi connectivity index (χ4n) is 4.72. The van der Waals surface area contributed by atoms with Gasteiger partial charge in [0.2, 0.25) is 0 Å². The summed E-state index contributed by atoms with van der Waals surface area (Å²) in [5, 5.41) is 31.5. The summed E-state index contributed by atoms with van der Waals surface area (Å²) in [6.07, 6.45) is 8.55. The first-order valence-corrected chi connectivity index (χ1v) is 12.1. The Bertz CT molecular complexity index is 1490. The molecule has 0 bridgehead atoms. The SMILES string of the molecule is C[C@@H]1CN(c2ccc(C#N)cn2)C[C@H]1Nc1c(C(N)=O)cnn2cc(-c3cnn(CC(C)(C)O)c3)cc12. The van der Waals surface area contributed by atoms with E-state index in [1.807, 2.05) is 24.5 Å². The van der Waals surface area contributed by atoms with E-state index in [4.69, 9.17) is 11.0 Å². The molecular formula is C26H29N9O2. The summed E-state index contributed by atoms with van der Waals surface area (Å²) >= 11 is 0. The number of anilines is 2. The Labute approximate surface area is 214 Å². The third kappa shape index (κ3) is 4.96. The van der Waals surface area contributed by atoms with E-state index < -0.39 is 11.5 Å². The van der Waals surface area contributed by atoms with E-state index in [1.54, 1.807) is 41.5 Å². The van der Waals surface area contributed by atoms with Crippen LogP contribution in [0.25, 0.3) is 16.6 Å². The molecule has 4 aromatic heterocycles. The fourth-order valence-corrected chi connectivity index (χ4v) is 4.72. The maximum absolute atomic E-state index is 12.3. The van der Waals surface area contributed by atoms with Gasteiger partial charge in [-0.25, -0.2) is 9.50 Å². The molecule has 1 fully saturated rings. The highest BCUT2D eigenvalue weighted by atomic mass is 16.3. The number of fused-ring (bicyclic) bond motifs is 1. The average molecular weight is 500 g/mol. The highest BCUT2D eigenvalue weighted by Gasteiger charge is 2.32. The minimum Gasteiger partial charge on any atom is -0.389 e. The summed E-state index contributed by atoms with van der Waals surface area (Å²) in [7, 11) is 0. The number of aromatic nitrogens is 5. The molecule has 5 rings (SSSR count). The summed E-state index contributed by atoms with van der Waals surface area (Å²) < 4.78 is 3.42. The molecule has 37 heavy (non-hydrogen) atoms. The minimum absolute atomic E-state index is 0.0228. The van der Waals surface area contributed by atoms with Crippen molar-refractivity contribution in [2.75, 3.05) is 23.3 Å². The van der Waals surface area contributed by atoms with E-state index in [0.29, 0.717) is 29.9 Å². The van der Waals surface area contributed by atoms with Gasteiger partial charge in [-0.05, 0) is 38.0 Å². The van der Waals surface area contributed by atoms with Crippen LogP contribution in [0, 0.1) is 17.2 Å². The summed E-state index contributed by atoms with van der Waals surface area (Å²) in [5.74, 6) is 0.494. The smallest absolute Gasteiger partial charge is 0.252 e. The van der Waals surface area contributed by atoms with Gasteiger partial charge in [-0.15, -0.1) is 0 Å². The third-order valence-electron chi connectivity index (χ3n) is 6.56. The summed E-state index contributed by atoms with van der Waals surface area (Å²) in [6.45, 7) is 7.42. The highest BCUT2D eigenvalue weighted by Crippen LogP contribution is 2.31. The van der Waals surface area contributed by atoms with Gasteiger partial charge in [0.05, 0.1) is 46.9 Å². The van der Waals surface area contributed by atoms with Crippen molar-refractivity contribution in [1.82, 2.24) is 24.4 Å². The van der Waals surface area contributed by atoms with Crippen LogP contribution < -0.4 is 16.0 Å². The van der Waals surface area contributed by atoms with Crippen LogP contribution in [0.3, 0.4) is 0 Å². The molecule has 1 saturated heterocycles. The highest BCUT2D eigenvalue weighted by molar-refractivity contribution is 6.02. The van der Waals surface area contributed by atoms with Crippen LogP contribution in [0.15, 0.2) is 49.2 Å². The molecule has 0 radical (unpaired) electrons. The number of rotatable bonds is 7. The number of carbonyl (C=O) groups excluding carboxylic acids is 1. The average Bonchev–Trinajstić information content (AvgIpc) is 3.57. The number of hydrogen-bond donors (Lipinski definition) is 3. The molecule has 0 aliphatic carbocycles. The Morgan fingerprint density at radius 2 is 2.03 bits per heavy atom. The molecule has 1 aliphatic heterocycles. The Balaban J connectivity index is 1.45. The number of hydrogen-bond acceptors (Lipinski definition) is 8. The predicted octanol–water partition coefficient (Wildman–Crippen LogP) is 2.27. The molecule has 4 N–H and O–H groups in total. The van der Waals surface area contributed by atoms with Crippen molar-refractivity contribution in [2.45, 2.75) is 39.0 Å². The third-order valence-corrected chi connectivity index (χ3v) is 6.56. The van der Waals surface area contributed by atoms with Gasteiger partial charge in [0.25, 0.3) is 5.91 Å². The van der Waals surface area contributed by atoms with Crippen LogP contribution in [-0.2, 0) is 6.54 Å². The van der Waals surface area contributed by atoms with Crippen molar-refractivity contribution < 1.29 is 9.90 Å². The maximum Gasteiger partial charge on any atom is 0.252 e. The summed E-state index contributed by atoms with van der Waals surface area (Å²) in [4.78, 5) is 18.9. The molecular weight excluding hydrogens is 470 g/mol. The van der Waals surface area contributed by atoms with Crippen LogP contribution in [0.4, 0.5) is 11.5 Å². The van der Waals surface area contributed by atoms with Crippen LogP contribution in [-0.4, -0.2) is 60.1 Å². The lowest BCUT2D eigenvalue weighted by Crippen LogP contribution is -2.30. The van der Waals surface area contributed by atoms with Crippen molar-refractivity contribution >= 4 is 22.9 Å². The van der Waals surface area contributed by atoms with E-state index in [0.717, 1.165) is 29.0 Å². The van der Waals surface area contributed by atoms with Crippen molar-refractivity contribution in [2.24, 2.45) is 11.7 Å². The number of nitrogens with zero attached hydrogens (tertiary/aromatic N) is 7. The van der Waals surface area contributed by atoms with E-state index >= 15 is 0 Å². The normalized spacial score (nSPS) is 17.8. The van der Waals surface area contributed by atoms with E-state index in [-0.39, 0.29) is 12.0 Å².